The van der Waals surface area contributed by atoms with Gasteiger partial charge in [0.05, 0.1) is 6.20 Å². The zero-order chi connectivity index (χ0) is 9.26. The summed E-state index contributed by atoms with van der Waals surface area (Å²) >= 11 is 3.40. The first-order chi connectivity index (χ1) is 6.25. The minimum Gasteiger partial charge on any atom is -0.275 e. The maximum absolute atomic E-state index is 4.12. The lowest BCUT2D eigenvalue weighted by atomic mass is 10.1. The molecule has 3 heteroatoms. The highest BCUT2D eigenvalue weighted by Crippen LogP contribution is 2.20. The average molecular weight is 237 g/mol. The van der Waals surface area contributed by atoms with Gasteiger partial charge in [-0.15, -0.1) is 0 Å². The molecule has 0 N–H and O–H groups in total. The molecule has 0 amide bonds. The van der Waals surface area contributed by atoms with Crippen molar-refractivity contribution in [3.05, 3.63) is 41.1 Å². The van der Waals surface area contributed by atoms with Crippen molar-refractivity contribution in [3.8, 4) is 11.1 Å². The van der Waals surface area contributed by atoms with Gasteiger partial charge < -0.3 is 0 Å². The van der Waals surface area contributed by atoms with Crippen LogP contribution in [0.15, 0.2) is 41.1 Å². The van der Waals surface area contributed by atoms with E-state index in [1.807, 2.05) is 31.6 Å². The molecule has 2 aromatic rings. The highest BCUT2D eigenvalue weighted by Gasteiger charge is 1.98. The Kier molecular flexibility index (Phi) is 2.19. The Bertz CT molecular complexity index is 403. The first-order valence-corrected chi connectivity index (χ1v) is 4.79. The summed E-state index contributed by atoms with van der Waals surface area (Å²) in [5.74, 6) is 0. The van der Waals surface area contributed by atoms with E-state index in [2.05, 4.69) is 33.2 Å². The molecular formula is C10H9BrN2. The van der Waals surface area contributed by atoms with Crippen molar-refractivity contribution in [3.63, 3.8) is 0 Å². The van der Waals surface area contributed by atoms with Crippen molar-refractivity contribution in [2.24, 2.45) is 7.05 Å². The van der Waals surface area contributed by atoms with E-state index in [1.54, 1.807) is 4.68 Å². The van der Waals surface area contributed by atoms with Gasteiger partial charge in [-0.2, -0.15) is 5.10 Å². The van der Waals surface area contributed by atoms with Crippen LogP contribution >= 0.6 is 15.9 Å². The smallest absolute Gasteiger partial charge is 0.0568 e. The normalized spacial score (nSPS) is 10.3. The van der Waals surface area contributed by atoms with Crippen LogP contribution in [0.4, 0.5) is 0 Å². The number of rotatable bonds is 1. The first kappa shape index (κ1) is 8.51. The molecule has 0 spiro atoms. The predicted molar refractivity (Wildman–Crippen MR) is 56.3 cm³/mol. The molecule has 1 heterocycles. The van der Waals surface area contributed by atoms with Crippen molar-refractivity contribution < 1.29 is 0 Å². The summed E-state index contributed by atoms with van der Waals surface area (Å²) in [5.41, 5.74) is 2.34. The highest BCUT2D eigenvalue weighted by molar-refractivity contribution is 9.10. The van der Waals surface area contributed by atoms with Crippen LogP contribution in [0.25, 0.3) is 11.1 Å². The Labute approximate surface area is 85.3 Å². The Morgan fingerprint density at radius 1 is 1.15 bits per heavy atom. The van der Waals surface area contributed by atoms with Gasteiger partial charge in [0.15, 0.2) is 0 Å². The number of hydrogen-bond donors (Lipinski definition) is 0. The van der Waals surface area contributed by atoms with E-state index in [-0.39, 0.29) is 0 Å². The number of hydrogen-bond acceptors (Lipinski definition) is 1. The SMILES string of the molecule is Cn1cc(-c2ccc(Br)cc2)cn1. The summed E-state index contributed by atoms with van der Waals surface area (Å²) in [4.78, 5) is 0. The molecule has 0 radical (unpaired) electrons. The van der Waals surface area contributed by atoms with Gasteiger partial charge in [0.1, 0.15) is 0 Å². The Hall–Kier alpha value is -1.09. The molecule has 66 valence electrons. The van der Waals surface area contributed by atoms with Crippen LogP contribution in [0.3, 0.4) is 0 Å². The van der Waals surface area contributed by atoms with E-state index in [4.69, 9.17) is 0 Å². The Morgan fingerprint density at radius 3 is 2.38 bits per heavy atom. The maximum Gasteiger partial charge on any atom is 0.0568 e. The molecule has 0 aliphatic rings. The van der Waals surface area contributed by atoms with Crippen molar-refractivity contribution in [1.82, 2.24) is 9.78 Å². The quantitative estimate of drug-likeness (QED) is 0.745. The predicted octanol–water partition coefficient (Wildman–Crippen LogP) is 2.85. The average Bonchev–Trinajstić information content (AvgIpc) is 2.53. The summed E-state index contributed by atoms with van der Waals surface area (Å²) in [6.45, 7) is 0. The van der Waals surface area contributed by atoms with Crippen molar-refractivity contribution in [2.45, 2.75) is 0 Å². The first-order valence-electron chi connectivity index (χ1n) is 4.00. The lowest BCUT2D eigenvalue weighted by molar-refractivity contribution is 0.768. The van der Waals surface area contributed by atoms with Crippen molar-refractivity contribution in [2.75, 3.05) is 0 Å². The topological polar surface area (TPSA) is 17.8 Å². The molecule has 0 aliphatic carbocycles. The van der Waals surface area contributed by atoms with Crippen LogP contribution in [0.1, 0.15) is 0 Å². The molecule has 0 bridgehead atoms. The second-order valence-corrected chi connectivity index (χ2v) is 3.83. The Morgan fingerprint density at radius 2 is 1.85 bits per heavy atom. The summed E-state index contributed by atoms with van der Waals surface area (Å²) in [6.07, 6.45) is 3.87. The van der Waals surface area contributed by atoms with E-state index < -0.39 is 0 Å². The molecule has 0 fully saturated rings. The summed E-state index contributed by atoms with van der Waals surface area (Å²) in [6, 6.07) is 8.20. The van der Waals surface area contributed by atoms with E-state index in [1.165, 1.54) is 5.56 Å². The van der Waals surface area contributed by atoms with Crippen LogP contribution in [0, 0.1) is 0 Å². The van der Waals surface area contributed by atoms with Crippen LogP contribution in [0.2, 0.25) is 0 Å². The fraction of sp³-hybridized carbons (Fsp3) is 0.100. The molecule has 2 rings (SSSR count). The van der Waals surface area contributed by atoms with Crippen LogP contribution < -0.4 is 0 Å². The molecule has 13 heavy (non-hydrogen) atoms. The molecule has 2 nitrogen and oxygen atoms in total. The van der Waals surface area contributed by atoms with Crippen molar-refractivity contribution in [1.29, 1.82) is 0 Å². The molecule has 1 aromatic carbocycles. The minimum atomic E-state index is 1.10. The van der Waals surface area contributed by atoms with Gasteiger partial charge in [-0.25, -0.2) is 0 Å². The largest absolute Gasteiger partial charge is 0.275 e. The molecule has 1 aromatic heterocycles. The zero-order valence-corrected chi connectivity index (χ0v) is 8.82. The highest BCUT2D eigenvalue weighted by atomic mass is 79.9. The van der Waals surface area contributed by atoms with Gasteiger partial charge in [-0.05, 0) is 17.7 Å². The standard InChI is InChI=1S/C10H9BrN2/c1-13-7-9(6-12-13)8-2-4-10(11)5-3-8/h2-7H,1H3. The van der Waals surface area contributed by atoms with Gasteiger partial charge in [0.25, 0.3) is 0 Å². The lowest BCUT2D eigenvalue weighted by Crippen LogP contribution is -1.84. The molecule has 0 atom stereocenters. The summed E-state index contributed by atoms with van der Waals surface area (Å²) in [5, 5.41) is 4.12. The number of benzene rings is 1. The third-order valence-corrected chi connectivity index (χ3v) is 2.41. The molecule has 0 unspecified atom stereocenters. The lowest BCUT2D eigenvalue weighted by Gasteiger charge is -1.95. The van der Waals surface area contributed by atoms with Gasteiger partial charge >= 0.3 is 0 Å². The van der Waals surface area contributed by atoms with Gasteiger partial charge in [-0.1, -0.05) is 28.1 Å². The van der Waals surface area contributed by atoms with Crippen LogP contribution in [0.5, 0.6) is 0 Å². The second kappa shape index (κ2) is 3.34. The number of aryl methyl sites for hydroxylation is 1. The van der Waals surface area contributed by atoms with Crippen LogP contribution in [-0.4, -0.2) is 9.78 Å². The van der Waals surface area contributed by atoms with Gasteiger partial charge in [-0.3, -0.25) is 4.68 Å². The zero-order valence-electron chi connectivity index (χ0n) is 7.24. The van der Waals surface area contributed by atoms with Gasteiger partial charge in [0.2, 0.25) is 0 Å². The van der Waals surface area contributed by atoms with E-state index in [0.29, 0.717) is 0 Å². The third kappa shape index (κ3) is 1.80. The van der Waals surface area contributed by atoms with E-state index in [9.17, 15) is 0 Å². The molecular weight excluding hydrogens is 228 g/mol. The van der Waals surface area contributed by atoms with E-state index in [0.717, 1.165) is 10.0 Å². The Balaban J connectivity index is 2.41. The molecule has 0 saturated carbocycles. The second-order valence-electron chi connectivity index (χ2n) is 2.91. The third-order valence-electron chi connectivity index (χ3n) is 1.88. The number of nitrogens with zero attached hydrogens (tertiary/aromatic N) is 2. The molecule has 0 aliphatic heterocycles. The fourth-order valence-corrected chi connectivity index (χ4v) is 1.48. The van der Waals surface area contributed by atoms with Crippen LogP contribution in [-0.2, 0) is 7.05 Å². The minimum absolute atomic E-state index is 1.10. The summed E-state index contributed by atoms with van der Waals surface area (Å²) < 4.78 is 2.90. The monoisotopic (exact) mass is 236 g/mol. The fourth-order valence-electron chi connectivity index (χ4n) is 1.21. The van der Waals surface area contributed by atoms with E-state index >= 15 is 0 Å². The number of halogens is 1. The van der Waals surface area contributed by atoms with Gasteiger partial charge in [0, 0.05) is 23.3 Å². The number of aromatic nitrogens is 2. The summed E-state index contributed by atoms with van der Waals surface area (Å²) in [7, 11) is 1.92. The van der Waals surface area contributed by atoms with Crippen molar-refractivity contribution >= 4 is 15.9 Å². The molecule has 0 saturated heterocycles. The maximum atomic E-state index is 4.12.